The second-order valence-corrected chi connectivity index (χ2v) is 3.94. The van der Waals surface area contributed by atoms with Crippen molar-refractivity contribution < 1.29 is 24.5 Å². The SMILES string of the molecule is COCCCC(=O)NCC(C)(O)CC(=O)O. The maximum Gasteiger partial charge on any atom is 0.306 e. The van der Waals surface area contributed by atoms with Gasteiger partial charge in [0.25, 0.3) is 0 Å². The van der Waals surface area contributed by atoms with E-state index in [0.717, 1.165) is 0 Å². The van der Waals surface area contributed by atoms with E-state index in [2.05, 4.69) is 5.32 Å². The maximum atomic E-state index is 11.2. The number of hydrogen-bond donors (Lipinski definition) is 3. The van der Waals surface area contributed by atoms with Gasteiger partial charge in [0, 0.05) is 26.7 Å². The van der Waals surface area contributed by atoms with Crippen LogP contribution in [-0.2, 0) is 14.3 Å². The molecule has 0 aliphatic heterocycles. The predicted molar refractivity (Wildman–Crippen MR) is 57.0 cm³/mol. The van der Waals surface area contributed by atoms with E-state index < -0.39 is 18.0 Å². The number of methoxy groups -OCH3 is 1. The van der Waals surface area contributed by atoms with Crippen LogP contribution >= 0.6 is 0 Å². The molecule has 0 saturated carbocycles. The summed E-state index contributed by atoms with van der Waals surface area (Å²) in [6.45, 7) is 1.81. The second-order valence-electron chi connectivity index (χ2n) is 3.94. The van der Waals surface area contributed by atoms with Gasteiger partial charge in [-0.15, -0.1) is 0 Å². The Balaban J connectivity index is 3.77. The summed E-state index contributed by atoms with van der Waals surface area (Å²) in [6.07, 6.45) is 0.506. The van der Waals surface area contributed by atoms with Crippen molar-refractivity contribution in [2.75, 3.05) is 20.3 Å². The van der Waals surface area contributed by atoms with Crippen molar-refractivity contribution in [3.63, 3.8) is 0 Å². The first kappa shape index (κ1) is 14.9. The molecular formula is C10H19NO5. The Morgan fingerprint density at radius 3 is 2.56 bits per heavy atom. The van der Waals surface area contributed by atoms with Crippen LogP contribution in [0.4, 0.5) is 0 Å². The van der Waals surface area contributed by atoms with E-state index in [0.29, 0.717) is 19.4 Å². The van der Waals surface area contributed by atoms with Crippen LogP contribution in [0.15, 0.2) is 0 Å². The van der Waals surface area contributed by atoms with Gasteiger partial charge in [-0.1, -0.05) is 0 Å². The fraction of sp³-hybridized carbons (Fsp3) is 0.800. The highest BCUT2D eigenvalue weighted by Crippen LogP contribution is 2.07. The van der Waals surface area contributed by atoms with E-state index >= 15 is 0 Å². The fourth-order valence-corrected chi connectivity index (χ4v) is 1.14. The number of rotatable bonds is 8. The molecule has 0 bridgehead atoms. The van der Waals surface area contributed by atoms with Crippen molar-refractivity contribution in [3.05, 3.63) is 0 Å². The summed E-state index contributed by atoms with van der Waals surface area (Å²) in [4.78, 5) is 21.6. The summed E-state index contributed by atoms with van der Waals surface area (Å²) in [7, 11) is 1.55. The van der Waals surface area contributed by atoms with Gasteiger partial charge in [-0.3, -0.25) is 9.59 Å². The third-order valence-electron chi connectivity index (χ3n) is 1.95. The summed E-state index contributed by atoms with van der Waals surface area (Å²) < 4.78 is 4.78. The summed E-state index contributed by atoms with van der Waals surface area (Å²) in [5.74, 6) is -1.32. The number of ether oxygens (including phenoxy) is 1. The van der Waals surface area contributed by atoms with Gasteiger partial charge in [0.2, 0.25) is 5.91 Å². The zero-order valence-corrected chi connectivity index (χ0v) is 9.65. The molecule has 0 aromatic heterocycles. The molecule has 0 radical (unpaired) electrons. The van der Waals surface area contributed by atoms with Gasteiger partial charge < -0.3 is 20.3 Å². The van der Waals surface area contributed by atoms with Crippen LogP contribution in [-0.4, -0.2) is 48.0 Å². The number of carbonyl (C=O) groups excluding carboxylic acids is 1. The smallest absolute Gasteiger partial charge is 0.306 e. The normalized spacial score (nSPS) is 14.2. The molecule has 0 saturated heterocycles. The highest BCUT2D eigenvalue weighted by atomic mass is 16.5. The molecule has 0 spiro atoms. The molecule has 0 aliphatic carbocycles. The molecule has 0 fully saturated rings. The summed E-state index contributed by atoms with van der Waals surface area (Å²) >= 11 is 0. The molecule has 0 aliphatic rings. The van der Waals surface area contributed by atoms with Gasteiger partial charge in [-0.2, -0.15) is 0 Å². The molecule has 3 N–H and O–H groups in total. The minimum Gasteiger partial charge on any atom is -0.481 e. The Morgan fingerprint density at radius 2 is 2.06 bits per heavy atom. The van der Waals surface area contributed by atoms with Gasteiger partial charge in [0.15, 0.2) is 0 Å². The van der Waals surface area contributed by atoms with Crippen LogP contribution in [0.1, 0.15) is 26.2 Å². The third-order valence-corrected chi connectivity index (χ3v) is 1.95. The largest absolute Gasteiger partial charge is 0.481 e. The van der Waals surface area contributed by atoms with Crippen LogP contribution in [0.2, 0.25) is 0 Å². The standard InChI is InChI=1S/C10H19NO5/c1-10(15,6-9(13)14)7-11-8(12)4-3-5-16-2/h15H,3-7H2,1-2H3,(H,11,12)(H,13,14). The summed E-state index contributed by atoms with van der Waals surface area (Å²) in [5, 5.41) is 20.6. The number of carboxylic acids is 1. The van der Waals surface area contributed by atoms with Gasteiger partial charge in [0.1, 0.15) is 0 Å². The quantitative estimate of drug-likeness (QED) is 0.503. The zero-order valence-electron chi connectivity index (χ0n) is 9.65. The number of carboxylic acid groups (broad SMARTS) is 1. The molecule has 16 heavy (non-hydrogen) atoms. The second kappa shape index (κ2) is 7.19. The topological polar surface area (TPSA) is 95.9 Å². The molecule has 0 rings (SSSR count). The highest BCUT2D eigenvalue weighted by molar-refractivity contribution is 5.76. The number of aliphatic carboxylic acids is 1. The predicted octanol–water partition coefficient (Wildman–Crippen LogP) is -0.245. The lowest BCUT2D eigenvalue weighted by molar-refractivity contribution is -0.142. The van der Waals surface area contributed by atoms with Crippen molar-refractivity contribution in [2.45, 2.75) is 31.8 Å². The first-order valence-electron chi connectivity index (χ1n) is 5.07. The lowest BCUT2D eigenvalue weighted by atomic mass is 10.0. The highest BCUT2D eigenvalue weighted by Gasteiger charge is 2.24. The number of hydrogen-bond acceptors (Lipinski definition) is 4. The Morgan fingerprint density at radius 1 is 1.44 bits per heavy atom. The lowest BCUT2D eigenvalue weighted by Gasteiger charge is -2.21. The van der Waals surface area contributed by atoms with Crippen molar-refractivity contribution in [3.8, 4) is 0 Å². The van der Waals surface area contributed by atoms with Crippen LogP contribution < -0.4 is 5.32 Å². The van der Waals surface area contributed by atoms with Crippen LogP contribution in [0, 0.1) is 0 Å². The fourth-order valence-electron chi connectivity index (χ4n) is 1.14. The first-order valence-corrected chi connectivity index (χ1v) is 5.07. The van der Waals surface area contributed by atoms with Crippen LogP contribution in [0.5, 0.6) is 0 Å². The van der Waals surface area contributed by atoms with E-state index in [1.54, 1.807) is 7.11 Å². The molecule has 1 unspecified atom stereocenters. The number of carbonyl (C=O) groups is 2. The van der Waals surface area contributed by atoms with E-state index in [9.17, 15) is 14.7 Å². The molecule has 0 aromatic rings. The number of nitrogens with one attached hydrogen (secondary N) is 1. The van der Waals surface area contributed by atoms with E-state index in [1.807, 2.05) is 0 Å². The first-order chi connectivity index (χ1) is 7.37. The summed E-state index contributed by atoms with van der Waals surface area (Å²) in [5.41, 5.74) is -1.41. The lowest BCUT2D eigenvalue weighted by Crippen LogP contribution is -2.42. The molecule has 1 amide bonds. The van der Waals surface area contributed by atoms with E-state index in [4.69, 9.17) is 9.84 Å². The summed E-state index contributed by atoms with van der Waals surface area (Å²) in [6, 6.07) is 0. The average Bonchev–Trinajstić information content (AvgIpc) is 2.13. The van der Waals surface area contributed by atoms with Crippen molar-refractivity contribution in [1.29, 1.82) is 0 Å². The Hall–Kier alpha value is -1.14. The number of aliphatic hydroxyl groups is 1. The van der Waals surface area contributed by atoms with E-state index in [1.165, 1.54) is 6.92 Å². The van der Waals surface area contributed by atoms with Gasteiger partial charge in [-0.25, -0.2) is 0 Å². The number of amides is 1. The monoisotopic (exact) mass is 233 g/mol. The molecule has 6 nitrogen and oxygen atoms in total. The minimum atomic E-state index is -1.41. The third kappa shape index (κ3) is 8.19. The average molecular weight is 233 g/mol. The maximum absolute atomic E-state index is 11.2. The van der Waals surface area contributed by atoms with Crippen LogP contribution in [0.25, 0.3) is 0 Å². The van der Waals surface area contributed by atoms with E-state index in [-0.39, 0.29) is 12.5 Å². The van der Waals surface area contributed by atoms with Crippen molar-refractivity contribution >= 4 is 11.9 Å². The molecule has 1 atom stereocenters. The van der Waals surface area contributed by atoms with Gasteiger partial charge in [0.05, 0.1) is 12.0 Å². The minimum absolute atomic E-state index is 0.0644. The zero-order chi connectivity index (χ0) is 12.6. The van der Waals surface area contributed by atoms with Crippen molar-refractivity contribution in [1.82, 2.24) is 5.32 Å². The van der Waals surface area contributed by atoms with Crippen LogP contribution in [0.3, 0.4) is 0 Å². The Bertz CT molecular complexity index is 239. The molecule has 6 heteroatoms. The van der Waals surface area contributed by atoms with Crippen molar-refractivity contribution in [2.24, 2.45) is 0 Å². The molecule has 0 aromatic carbocycles. The van der Waals surface area contributed by atoms with Gasteiger partial charge >= 0.3 is 5.97 Å². The molecular weight excluding hydrogens is 214 g/mol. The Kier molecular flexibility index (Phi) is 6.67. The van der Waals surface area contributed by atoms with Gasteiger partial charge in [-0.05, 0) is 13.3 Å². The molecule has 94 valence electrons. The molecule has 0 heterocycles. The Labute approximate surface area is 94.6 Å².